The molecule has 1 saturated heterocycles. The summed E-state index contributed by atoms with van der Waals surface area (Å²) in [6, 6.07) is 16.8. The van der Waals surface area contributed by atoms with E-state index in [-0.39, 0.29) is 11.9 Å². The lowest BCUT2D eigenvalue weighted by Crippen LogP contribution is -2.28. The minimum absolute atomic E-state index is 0.164. The van der Waals surface area contributed by atoms with Crippen LogP contribution in [0.1, 0.15) is 18.4 Å². The first-order valence-electron chi connectivity index (χ1n) is 7.71. The van der Waals surface area contributed by atoms with Crippen LogP contribution < -0.4 is 15.5 Å². The monoisotopic (exact) mass is 309 g/mol. The number of amides is 3. The standard InChI is InChI=1S/C18H19N3O2/c22-17-10-5-11-21(17)16-9-4-6-14(12-16)13-19-18(23)20-15-7-2-1-3-8-15/h1-4,6-9,12H,5,10-11,13H2,(H2,19,20,23). The lowest BCUT2D eigenvalue weighted by Gasteiger charge is -2.16. The molecule has 1 aliphatic rings. The molecule has 23 heavy (non-hydrogen) atoms. The summed E-state index contributed by atoms with van der Waals surface area (Å²) < 4.78 is 0. The molecule has 1 aliphatic heterocycles. The summed E-state index contributed by atoms with van der Waals surface area (Å²) in [5.41, 5.74) is 2.61. The Morgan fingerprint density at radius 3 is 2.65 bits per heavy atom. The number of benzene rings is 2. The van der Waals surface area contributed by atoms with Crippen molar-refractivity contribution < 1.29 is 9.59 Å². The van der Waals surface area contributed by atoms with Crippen LogP contribution in [0.5, 0.6) is 0 Å². The molecule has 0 bridgehead atoms. The Hall–Kier alpha value is -2.82. The van der Waals surface area contributed by atoms with Crippen LogP contribution in [-0.2, 0) is 11.3 Å². The lowest BCUT2D eigenvalue weighted by molar-refractivity contribution is -0.117. The number of para-hydroxylation sites is 1. The van der Waals surface area contributed by atoms with E-state index in [2.05, 4.69) is 10.6 Å². The van der Waals surface area contributed by atoms with Gasteiger partial charge < -0.3 is 15.5 Å². The van der Waals surface area contributed by atoms with Crippen molar-refractivity contribution in [1.29, 1.82) is 0 Å². The van der Waals surface area contributed by atoms with Gasteiger partial charge in [0, 0.05) is 30.9 Å². The molecule has 0 saturated carbocycles. The molecule has 0 atom stereocenters. The molecular weight excluding hydrogens is 290 g/mol. The Balaban J connectivity index is 1.58. The van der Waals surface area contributed by atoms with Gasteiger partial charge in [-0.05, 0) is 36.2 Å². The normalized spacial score (nSPS) is 13.9. The minimum atomic E-state index is -0.251. The molecule has 0 spiro atoms. The average Bonchev–Trinajstić information content (AvgIpc) is 3.00. The Labute approximate surface area is 135 Å². The van der Waals surface area contributed by atoms with Crippen LogP contribution in [0.4, 0.5) is 16.2 Å². The predicted octanol–water partition coefficient (Wildman–Crippen LogP) is 3.14. The summed E-state index contributed by atoms with van der Waals surface area (Å²) in [6.07, 6.45) is 1.52. The summed E-state index contributed by atoms with van der Waals surface area (Å²) in [6.45, 7) is 1.18. The van der Waals surface area contributed by atoms with Gasteiger partial charge in [-0.1, -0.05) is 30.3 Å². The van der Waals surface area contributed by atoms with Crippen molar-refractivity contribution in [2.24, 2.45) is 0 Å². The van der Waals surface area contributed by atoms with Crippen molar-refractivity contribution in [3.8, 4) is 0 Å². The number of carbonyl (C=O) groups excluding carboxylic acids is 2. The fraction of sp³-hybridized carbons (Fsp3) is 0.222. The van der Waals surface area contributed by atoms with E-state index in [0.29, 0.717) is 13.0 Å². The fourth-order valence-electron chi connectivity index (χ4n) is 2.63. The molecule has 2 aromatic carbocycles. The summed E-state index contributed by atoms with van der Waals surface area (Å²) in [7, 11) is 0. The van der Waals surface area contributed by atoms with Gasteiger partial charge in [0.15, 0.2) is 0 Å². The third kappa shape index (κ3) is 3.88. The van der Waals surface area contributed by atoms with Gasteiger partial charge in [-0.3, -0.25) is 4.79 Å². The molecular formula is C18H19N3O2. The Morgan fingerprint density at radius 2 is 1.91 bits per heavy atom. The maximum absolute atomic E-state index is 11.9. The van der Waals surface area contributed by atoms with Crippen LogP contribution in [0, 0.1) is 0 Å². The van der Waals surface area contributed by atoms with E-state index in [1.54, 1.807) is 4.90 Å². The fourth-order valence-corrected chi connectivity index (χ4v) is 2.63. The van der Waals surface area contributed by atoms with Gasteiger partial charge in [-0.25, -0.2) is 4.79 Å². The highest BCUT2D eigenvalue weighted by Gasteiger charge is 2.21. The topological polar surface area (TPSA) is 61.4 Å². The van der Waals surface area contributed by atoms with E-state index in [1.165, 1.54) is 0 Å². The molecule has 3 rings (SSSR count). The van der Waals surface area contributed by atoms with Crippen molar-refractivity contribution >= 4 is 23.3 Å². The van der Waals surface area contributed by atoms with Crippen molar-refractivity contribution in [2.75, 3.05) is 16.8 Å². The van der Waals surface area contributed by atoms with Gasteiger partial charge in [0.1, 0.15) is 0 Å². The molecule has 2 aromatic rings. The number of nitrogens with one attached hydrogen (secondary N) is 2. The van der Waals surface area contributed by atoms with Crippen LogP contribution in [0.15, 0.2) is 54.6 Å². The van der Waals surface area contributed by atoms with Gasteiger partial charge in [0.25, 0.3) is 0 Å². The Bertz CT molecular complexity index is 700. The van der Waals surface area contributed by atoms with E-state index in [4.69, 9.17) is 0 Å². The van der Waals surface area contributed by atoms with Crippen LogP contribution in [0.2, 0.25) is 0 Å². The third-order valence-electron chi connectivity index (χ3n) is 3.78. The molecule has 5 heteroatoms. The third-order valence-corrected chi connectivity index (χ3v) is 3.78. The van der Waals surface area contributed by atoms with Gasteiger partial charge in [-0.15, -0.1) is 0 Å². The van der Waals surface area contributed by atoms with Crippen LogP contribution in [0.25, 0.3) is 0 Å². The van der Waals surface area contributed by atoms with Gasteiger partial charge >= 0.3 is 6.03 Å². The first-order valence-corrected chi connectivity index (χ1v) is 7.71. The number of hydrogen-bond donors (Lipinski definition) is 2. The maximum Gasteiger partial charge on any atom is 0.319 e. The van der Waals surface area contributed by atoms with E-state index in [1.807, 2.05) is 54.6 Å². The minimum Gasteiger partial charge on any atom is -0.334 e. The van der Waals surface area contributed by atoms with Crippen molar-refractivity contribution in [3.05, 3.63) is 60.2 Å². The highest BCUT2D eigenvalue weighted by molar-refractivity contribution is 5.95. The second kappa shape index (κ2) is 6.96. The second-order valence-electron chi connectivity index (χ2n) is 5.49. The van der Waals surface area contributed by atoms with Gasteiger partial charge in [-0.2, -0.15) is 0 Å². The number of carbonyl (C=O) groups is 2. The SMILES string of the molecule is O=C(NCc1cccc(N2CCCC2=O)c1)Nc1ccccc1. The van der Waals surface area contributed by atoms with Gasteiger partial charge in [0.2, 0.25) is 5.91 Å². The number of nitrogens with zero attached hydrogens (tertiary/aromatic N) is 1. The molecule has 0 aliphatic carbocycles. The molecule has 3 amide bonds. The highest BCUT2D eigenvalue weighted by Crippen LogP contribution is 2.22. The molecule has 1 fully saturated rings. The summed E-state index contributed by atoms with van der Waals surface area (Å²) >= 11 is 0. The molecule has 0 aromatic heterocycles. The van der Waals surface area contributed by atoms with Crippen LogP contribution in [-0.4, -0.2) is 18.5 Å². The first kappa shape index (κ1) is 15.1. The van der Waals surface area contributed by atoms with E-state index in [0.717, 1.165) is 29.9 Å². The van der Waals surface area contributed by atoms with E-state index in [9.17, 15) is 9.59 Å². The molecule has 1 heterocycles. The van der Waals surface area contributed by atoms with Crippen molar-refractivity contribution in [3.63, 3.8) is 0 Å². The summed E-state index contributed by atoms with van der Waals surface area (Å²) in [5.74, 6) is 0.164. The van der Waals surface area contributed by atoms with Crippen molar-refractivity contribution in [1.82, 2.24) is 5.32 Å². The summed E-state index contributed by atoms with van der Waals surface area (Å²) in [5, 5.41) is 5.60. The Kier molecular flexibility index (Phi) is 4.57. The quantitative estimate of drug-likeness (QED) is 0.911. The average molecular weight is 309 g/mol. The zero-order valence-electron chi connectivity index (χ0n) is 12.8. The Morgan fingerprint density at radius 1 is 1.09 bits per heavy atom. The first-order chi connectivity index (χ1) is 11.2. The van der Waals surface area contributed by atoms with E-state index < -0.39 is 0 Å². The molecule has 0 unspecified atom stereocenters. The number of anilines is 2. The van der Waals surface area contributed by atoms with Crippen molar-refractivity contribution in [2.45, 2.75) is 19.4 Å². The van der Waals surface area contributed by atoms with Crippen LogP contribution >= 0.6 is 0 Å². The van der Waals surface area contributed by atoms with Gasteiger partial charge in [0.05, 0.1) is 0 Å². The van der Waals surface area contributed by atoms with Crippen LogP contribution in [0.3, 0.4) is 0 Å². The smallest absolute Gasteiger partial charge is 0.319 e. The zero-order chi connectivity index (χ0) is 16.1. The largest absolute Gasteiger partial charge is 0.334 e. The molecule has 2 N–H and O–H groups in total. The highest BCUT2D eigenvalue weighted by atomic mass is 16.2. The second-order valence-corrected chi connectivity index (χ2v) is 5.49. The molecule has 0 radical (unpaired) electrons. The number of rotatable bonds is 4. The summed E-state index contributed by atoms with van der Waals surface area (Å²) in [4.78, 5) is 25.5. The van der Waals surface area contributed by atoms with E-state index >= 15 is 0 Å². The lowest BCUT2D eigenvalue weighted by atomic mass is 10.2. The predicted molar refractivity (Wildman–Crippen MR) is 90.3 cm³/mol. The molecule has 5 nitrogen and oxygen atoms in total. The maximum atomic E-state index is 11.9. The number of hydrogen-bond acceptors (Lipinski definition) is 2. The molecule has 118 valence electrons. The number of urea groups is 1. The zero-order valence-corrected chi connectivity index (χ0v) is 12.8.